The number of para-hydroxylation sites is 1. The predicted molar refractivity (Wildman–Crippen MR) is 77.6 cm³/mol. The van der Waals surface area contributed by atoms with Crippen LogP contribution in [0.15, 0.2) is 42.5 Å². The van der Waals surface area contributed by atoms with Crippen LogP contribution >= 0.6 is 0 Å². The van der Waals surface area contributed by atoms with Crippen molar-refractivity contribution >= 4 is 11.4 Å². The molecule has 0 bridgehead atoms. The van der Waals surface area contributed by atoms with Gasteiger partial charge in [-0.3, -0.25) is 0 Å². The fourth-order valence-electron chi connectivity index (χ4n) is 2.82. The van der Waals surface area contributed by atoms with Gasteiger partial charge in [-0.2, -0.15) is 0 Å². The zero-order valence-electron chi connectivity index (χ0n) is 10.9. The lowest BCUT2D eigenvalue weighted by Gasteiger charge is -2.12. The highest BCUT2D eigenvalue weighted by atomic mass is 14.9. The molecule has 1 heterocycles. The Balaban J connectivity index is 2.03. The zero-order chi connectivity index (χ0) is 12.4. The van der Waals surface area contributed by atoms with E-state index in [0.29, 0.717) is 0 Å². The molecule has 92 valence electrons. The highest BCUT2D eigenvalue weighted by Crippen LogP contribution is 2.31. The van der Waals surface area contributed by atoms with Gasteiger partial charge in [0.15, 0.2) is 0 Å². The van der Waals surface area contributed by atoms with Crippen LogP contribution in [0.25, 0.3) is 0 Å². The van der Waals surface area contributed by atoms with E-state index in [4.69, 9.17) is 0 Å². The summed E-state index contributed by atoms with van der Waals surface area (Å²) >= 11 is 0. The van der Waals surface area contributed by atoms with Crippen LogP contribution in [0.3, 0.4) is 0 Å². The molecule has 0 saturated heterocycles. The zero-order valence-corrected chi connectivity index (χ0v) is 10.9. The summed E-state index contributed by atoms with van der Waals surface area (Å²) in [5, 5.41) is 3.60. The molecule has 1 heteroatoms. The molecule has 0 saturated carbocycles. The molecule has 1 N–H and O–H groups in total. The van der Waals surface area contributed by atoms with Crippen molar-refractivity contribution < 1.29 is 0 Å². The number of benzene rings is 2. The molecule has 0 unspecified atom stereocenters. The van der Waals surface area contributed by atoms with Crippen molar-refractivity contribution in [1.82, 2.24) is 0 Å². The smallest absolute Gasteiger partial charge is 0.0419 e. The van der Waals surface area contributed by atoms with Crippen LogP contribution in [-0.2, 0) is 19.3 Å². The van der Waals surface area contributed by atoms with Gasteiger partial charge >= 0.3 is 0 Å². The normalized spacial score (nSPS) is 13.2. The van der Waals surface area contributed by atoms with Crippen LogP contribution < -0.4 is 5.32 Å². The van der Waals surface area contributed by atoms with Crippen molar-refractivity contribution in [2.45, 2.75) is 32.6 Å². The Bertz CT molecular complexity index is 557. The first kappa shape index (κ1) is 11.3. The van der Waals surface area contributed by atoms with Crippen molar-refractivity contribution in [3.8, 4) is 0 Å². The number of rotatable bonds is 2. The maximum atomic E-state index is 3.60. The van der Waals surface area contributed by atoms with Crippen molar-refractivity contribution in [2.24, 2.45) is 0 Å². The second-order valence-corrected chi connectivity index (χ2v) is 4.98. The summed E-state index contributed by atoms with van der Waals surface area (Å²) in [5.41, 5.74) is 7.01. The lowest BCUT2D eigenvalue weighted by Crippen LogP contribution is -1.98. The van der Waals surface area contributed by atoms with Gasteiger partial charge < -0.3 is 5.32 Å². The monoisotopic (exact) mass is 237 g/mol. The quantitative estimate of drug-likeness (QED) is 0.812. The van der Waals surface area contributed by atoms with Crippen LogP contribution in [0.4, 0.5) is 11.4 Å². The first-order valence-corrected chi connectivity index (χ1v) is 6.84. The molecule has 2 aromatic carbocycles. The molecule has 2 aromatic rings. The van der Waals surface area contributed by atoms with E-state index in [2.05, 4.69) is 54.7 Å². The maximum absolute atomic E-state index is 3.60. The van der Waals surface area contributed by atoms with Crippen LogP contribution in [0.2, 0.25) is 0 Å². The predicted octanol–water partition coefficient (Wildman–Crippen LogP) is 4.48. The summed E-state index contributed by atoms with van der Waals surface area (Å²) in [5.74, 6) is 0. The Morgan fingerprint density at radius 2 is 1.78 bits per heavy atom. The standard InChI is InChI=1S/C17H19N/c1-2-6-13-8-5-10-17-15(13)12-11-14-7-3-4-9-16(14)18-17/h3-5,7-10,18H,2,6,11-12H2,1H3. The van der Waals surface area contributed by atoms with Gasteiger partial charge in [0.2, 0.25) is 0 Å². The van der Waals surface area contributed by atoms with Crippen LogP contribution in [0.5, 0.6) is 0 Å². The van der Waals surface area contributed by atoms with Crippen molar-refractivity contribution in [2.75, 3.05) is 5.32 Å². The summed E-state index contributed by atoms with van der Waals surface area (Å²) in [6.07, 6.45) is 4.68. The fraction of sp³-hybridized carbons (Fsp3) is 0.294. The lowest BCUT2D eigenvalue weighted by molar-refractivity contribution is 0.882. The molecule has 1 aliphatic rings. The van der Waals surface area contributed by atoms with Crippen LogP contribution in [0.1, 0.15) is 30.0 Å². The molecule has 0 aliphatic carbocycles. The Hall–Kier alpha value is -1.76. The van der Waals surface area contributed by atoms with Gasteiger partial charge in [0.05, 0.1) is 0 Å². The van der Waals surface area contributed by atoms with Crippen molar-refractivity contribution in [1.29, 1.82) is 0 Å². The van der Waals surface area contributed by atoms with Gasteiger partial charge in [0, 0.05) is 11.4 Å². The number of aryl methyl sites for hydroxylation is 2. The van der Waals surface area contributed by atoms with Crippen molar-refractivity contribution in [3.05, 3.63) is 59.2 Å². The number of anilines is 2. The second kappa shape index (κ2) is 4.85. The molecule has 0 atom stereocenters. The molecular formula is C17H19N. The third-order valence-corrected chi connectivity index (χ3v) is 3.72. The first-order chi connectivity index (χ1) is 8.88. The Kier molecular flexibility index (Phi) is 3.06. The fourth-order valence-corrected chi connectivity index (χ4v) is 2.82. The summed E-state index contributed by atoms with van der Waals surface area (Å²) < 4.78 is 0. The summed E-state index contributed by atoms with van der Waals surface area (Å²) in [6, 6.07) is 15.3. The lowest BCUT2D eigenvalue weighted by atomic mass is 9.97. The molecule has 0 radical (unpaired) electrons. The van der Waals surface area contributed by atoms with Gasteiger partial charge in [-0.25, -0.2) is 0 Å². The average Bonchev–Trinajstić information content (AvgIpc) is 2.58. The van der Waals surface area contributed by atoms with E-state index >= 15 is 0 Å². The number of fused-ring (bicyclic) bond motifs is 2. The Morgan fingerprint density at radius 1 is 0.944 bits per heavy atom. The molecule has 0 fully saturated rings. The summed E-state index contributed by atoms with van der Waals surface area (Å²) in [6.45, 7) is 2.25. The third kappa shape index (κ3) is 2.01. The topological polar surface area (TPSA) is 12.0 Å². The molecular weight excluding hydrogens is 218 g/mol. The van der Waals surface area contributed by atoms with E-state index in [1.54, 1.807) is 0 Å². The first-order valence-electron chi connectivity index (χ1n) is 6.84. The Labute approximate surface area is 109 Å². The second-order valence-electron chi connectivity index (χ2n) is 4.98. The molecule has 1 nitrogen and oxygen atoms in total. The van der Waals surface area contributed by atoms with Crippen LogP contribution in [-0.4, -0.2) is 0 Å². The molecule has 0 spiro atoms. The highest BCUT2D eigenvalue weighted by Gasteiger charge is 2.14. The maximum Gasteiger partial charge on any atom is 0.0419 e. The van der Waals surface area contributed by atoms with Gasteiger partial charge in [-0.15, -0.1) is 0 Å². The summed E-state index contributed by atoms with van der Waals surface area (Å²) in [4.78, 5) is 0. The average molecular weight is 237 g/mol. The van der Waals surface area contributed by atoms with E-state index in [9.17, 15) is 0 Å². The number of hydrogen-bond acceptors (Lipinski definition) is 1. The van der Waals surface area contributed by atoms with E-state index < -0.39 is 0 Å². The van der Waals surface area contributed by atoms with E-state index in [0.717, 1.165) is 12.8 Å². The minimum atomic E-state index is 1.14. The van der Waals surface area contributed by atoms with E-state index in [1.807, 2.05) is 0 Å². The van der Waals surface area contributed by atoms with E-state index in [-0.39, 0.29) is 0 Å². The molecule has 0 aromatic heterocycles. The largest absolute Gasteiger partial charge is 0.355 e. The van der Waals surface area contributed by atoms with Crippen molar-refractivity contribution in [3.63, 3.8) is 0 Å². The van der Waals surface area contributed by atoms with Crippen LogP contribution in [0, 0.1) is 0 Å². The third-order valence-electron chi connectivity index (χ3n) is 3.72. The SMILES string of the molecule is CCCc1cccc2c1CCc1ccccc1N2. The minimum absolute atomic E-state index is 1.14. The number of hydrogen-bond donors (Lipinski definition) is 1. The molecule has 1 aliphatic heterocycles. The van der Waals surface area contributed by atoms with Gasteiger partial charge in [0.25, 0.3) is 0 Å². The van der Waals surface area contributed by atoms with Gasteiger partial charge in [0.1, 0.15) is 0 Å². The van der Waals surface area contributed by atoms with Gasteiger partial charge in [-0.05, 0) is 48.1 Å². The highest BCUT2D eigenvalue weighted by molar-refractivity contribution is 5.69. The Morgan fingerprint density at radius 3 is 2.67 bits per heavy atom. The number of nitrogens with one attached hydrogen (secondary N) is 1. The van der Waals surface area contributed by atoms with E-state index in [1.165, 1.54) is 40.9 Å². The minimum Gasteiger partial charge on any atom is -0.355 e. The molecule has 3 rings (SSSR count). The molecule has 0 amide bonds. The van der Waals surface area contributed by atoms with Gasteiger partial charge in [-0.1, -0.05) is 43.7 Å². The molecule has 18 heavy (non-hydrogen) atoms. The summed E-state index contributed by atoms with van der Waals surface area (Å²) in [7, 11) is 0.